The molecule has 0 aromatic heterocycles. The lowest BCUT2D eigenvalue weighted by Gasteiger charge is -2.50. The first kappa shape index (κ1) is 19.3. The second kappa shape index (κ2) is 7.09. The average Bonchev–Trinajstić information content (AvgIpc) is 2.93. The molecule has 1 fully saturated rings. The highest BCUT2D eigenvalue weighted by Gasteiger charge is 2.69. The van der Waals surface area contributed by atoms with Crippen LogP contribution in [0.25, 0.3) is 0 Å². The van der Waals surface area contributed by atoms with Crippen LogP contribution < -0.4 is 16.0 Å². The summed E-state index contributed by atoms with van der Waals surface area (Å²) >= 11 is 1.00. The maximum atomic E-state index is 13.2. The molecular weight excluding hydrogens is 390 g/mol. The van der Waals surface area contributed by atoms with E-state index in [0.29, 0.717) is 5.17 Å². The molecule has 2 atom stereocenters. The summed E-state index contributed by atoms with van der Waals surface area (Å²) in [6.07, 6.45) is 0. The number of carbonyl (C=O) groups excluding carboxylic acids is 2. The zero-order valence-corrected chi connectivity index (χ0v) is 16.8. The molecule has 2 aliphatic heterocycles. The summed E-state index contributed by atoms with van der Waals surface area (Å²) in [6, 6.07) is 18.9. The number of carboxylic acid groups (broad SMARTS) is 1. The zero-order valence-electron chi connectivity index (χ0n) is 16.0. The molecule has 0 aliphatic carbocycles. The molecule has 2 aromatic rings. The Bertz CT molecular complexity index is 971. The maximum absolute atomic E-state index is 13.2. The quantitative estimate of drug-likeness (QED) is 0.767. The number of aliphatic carboxylic acids is 1. The number of urea groups is 1. The van der Waals surface area contributed by atoms with Gasteiger partial charge in [0.1, 0.15) is 0 Å². The Morgan fingerprint density at radius 2 is 1.62 bits per heavy atom. The van der Waals surface area contributed by atoms with Crippen LogP contribution in [-0.2, 0) is 16.1 Å². The Morgan fingerprint density at radius 3 is 2.21 bits per heavy atom. The van der Waals surface area contributed by atoms with Crippen molar-refractivity contribution in [3.05, 3.63) is 71.8 Å². The van der Waals surface area contributed by atoms with Gasteiger partial charge in [0.15, 0.2) is 10.8 Å². The number of hydrazine groups is 1. The SMILES string of the molecule is CN1C(=O)N(C)[C@]2(c3ccccc3)NNC(SCC(=O)[O-])=N[C@@]12c1ccccc1. The van der Waals surface area contributed by atoms with Gasteiger partial charge in [0.2, 0.25) is 5.66 Å². The summed E-state index contributed by atoms with van der Waals surface area (Å²) in [4.78, 5) is 32.3. The molecule has 0 bridgehead atoms. The van der Waals surface area contributed by atoms with E-state index < -0.39 is 17.3 Å². The number of amidine groups is 1. The number of carbonyl (C=O) groups is 2. The van der Waals surface area contributed by atoms with Gasteiger partial charge in [-0.2, -0.15) is 0 Å². The van der Waals surface area contributed by atoms with Crippen LogP contribution in [0.2, 0.25) is 0 Å². The zero-order chi connectivity index (χ0) is 20.6. The molecule has 150 valence electrons. The Morgan fingerprint density at radius 1 is 1.03 bits per heavy atom. The van der Waals surface area contributed by atoms with Gasteiger partial charge in [-0.3, -0.25) is 15.2 Å². The van der Waals surface area contributed by atoms with Crippen molar-refractivity contribution in [1.29, 1.82) is 0 Å². The van der Waals surface area contributed by atoms with E-state index in [9.17, 15) is 14.7 Å². The van der Waals surface area contributed by atoms with E-state index >= 15 is 0 Å². The number of likely N-dealkylation sites (N-methyl/N-ethyl adjacent to an activating group) is 2. The number of carboxylic acids is 1. The third-order valence-electron chi connectivity index (χ3n) is 5.38. The van der Waals surface area contributed by atoms with Gasteiger partial charge in [0.25, 0.3) is 0 Å². The molecule has 2 aromatic carbocycles. The predicted molar refractivity (Wildman–Crippen MR) is 108 cm³/mol. The standard InChI is InChI=1S/C20H21N5O3S/c1-24-18(28)25(2)20(15-11-7-4-8-12-15)19(24,14-9-5-3-6-10-14)21-17(22-23-20)29-13-16(26)27/h3-12,23H,13H2,1-2H3,(H,21,22)(H,26,27)/p-1/t19-,20-/m0/s1. The lowest BCUT2D eigenvalue weighted by atomic mass is 9.80. The predicted octanol–water partition coefficient (Wildman–Crippen LogP) is 0.637. The van der Waals surface area contributed by atoms with Crippen LogP contribution >= 0.6 is 11.8 Å². The molecule has 8 nitrogen and oxygen atoms in total. The minimum Gasteiger partial charge on any atom is -0.549 e. The first-order valence-corrected chi connectivity index (χ1v) is 10.0. The van der Waals surface area contributed by atoms with Gasteiger partial charge >= 0.3 is 6.03 Å². The van der Waals surface area contributed by atoms with Gasteiger partial charge in [-0.05, 0) is 5.56 Å². The number of nitrogens with one attached hydrogen (secondary N) is 2. The van der Waals surface area contributed by atoms with Gasteiger partial charge in [-0.1, -0.05) is 72.4 Å². The summed E-state index contributed by atoms with van der Waals surface area (Å²) in [5.74, 6) is -1.45. The smallest absolute Gasteiger partial charge is 0.323 e. The Balaban J connectivity index is 1.99. The van der Waals surface area contributed by atoms with Crippen LogP contribution in [0.4, 0.5) is 4.79 Å². The second-order valence-electron chi connectivity index (χ2n) is 6.84. The van der Waals surface area contributed by atoms with Crippen molar-refractivity contribution in [2.45, 2.75) is 11.3 Å². The molecule has 4 rings (SSSR count). The van der Waals surface area contributed by atoms with Gasteiger partial charge in [-0.25, -0.2) is 15.2 Å². The molecule has 1 saturated heterocycles. The number of fused-ring (bicyclic) bond motifs is 1. The topological polar surface area (TPSA) is 100 Å². The van der Waals surface area contributed by atoms with Crippen molar-refractivity contribution in [2.24, 2.45) is 4.99 Å². The third-order valence-corrected chi connectivity index (χ3v) is 6.22. The second-order valence-corrected chi connectivity index (χ2v) is 7.81. The minimum absolute atomic E-state index is 0.220. The first-order valence-electron chi connectivity index (χ1n) is 9.02. The van der Waals surface area contributed by atoms with E-state index in [1.807, 2.05) is 60.7 Å². The molecule has 2 amide bonds. The monoisotopic (exact) mass is 410 g/mol. The summed E-state index contributed by atoms with van der Waals surface area (Å²) in [7, 11) is 3.42. The maximum Gasteiger partial charge on any atom is 0.323 e. The fourth-order valence-corrected chi connectivity index (χ4v) is 4.68. The number of benzene rings is 2. The highest BCUT2D eigenvalue weighted by Crippen LogP contribution is 2.53. The molecule has 0 spiro atoms. The number of hydrogen-bond donors (Lipinski definition) is 2. The lowest BCUT2D eigenvalue weighted by Crippen LogP contribution is -2.70. The van der Waals surface area contributed by atoms with E-state index in [4.69, 9.17) is 4.99 Å². The molecule has 0 saturated carbocycles. The molecule has 2 heterocycles. The van der Waals surface area contributed by atoms with Crippen molar-refractivity contribution < 1.29 is 14.7 Å². The Hall–Kier alpha value is -3.04. The van der Waals surface area contributed by atoms with Crippen LogP contribution in [0.1, 0.15) is 11.1 Å². The Kier molecular flexibility index (Phi) is 4.71. The normalized spacial score (nSPS) is 26.0. The number of rotatable bonds is 4. The van der Waals surface area contributed by atoms with Crippen LogP contribution in [0.3, 0.4) is 0 Å². The summed E-state index contributed by atoms with van der Waals surface area (Å²) in [6.45, 7) is 0. The van der Waals surface area contributed by atoms with Gasteiger partial charge in [0.05, 0.1) is 5.97 Å². The van der Waals surface area contributed by atoms with E-state index in [0.717, 1.165) is 22.9 Å². The summed E-state index contributed by atoms with van der Waals surface area (Å²) < 4.78 is 0. The van der Waals surface area contributed by atoms with Crippen LogP contribution in [0.15, 0.2) is 65.7 Å². The van der Waals surface area contributed by atoms with E-state index in [1.54, 1.807) is 23.9 Å². The Labute approximate surface area is 172 Å². The number of nitrogens with zero attached hydrogens (tertiary/aromatic N) is 3. The number of hydrogen-bond acceptors (Lipinski definition) is 7. The van der Waals surface area contributed by atoms with Crippen molar-refractivity contribution in [2.75, 3.05) is 19.8 Å². The number of amides is 2. The molecule has 2 aliphatic rings. The van der Waals surface area contributed by atoms with E-state index in [2.05, 4.69) is 10.9 Å². The van der Waals surface area contributed by atoms with Gasteiger partial charge in [-0.15, -0.1) is 0 Å². The van der Waals surface area contributed by atoms with E-state index in [1.165, 1.54) is 0 Å². The highest BCUT2D eigenvalue weighted by molar-refractivity contribution is 8.14. The average molecular weight is 410 g/mol. The minimum atomic E-state index is -1.19. The fraction of sp³-hybridized carbons (Fsp3) is 0.250. The number of thioether (sulfide) groups is 1. The van der Waals surface area contributed by atoms with Gasteiger partial charge in [0, 0.05) is 25.4 Å². The van der Waals surface area contributed by atoms with Crippen molar-refractivity contribution >= 4 is 28.9 Å². The third kappa shape index (κ3) is 2.69. The number of aliphatic imine (C=N–C) groups is 1. The summed E-state index contributed by atoms with van der Waals surface area (Å²) in [5.41, 5.74) is 5.69. The van der Waals surface area contributed by atoms with Crippen LogP contribution in [0, 0.1) is 0 Å². The largest absolute Gasteiger partial charge is 0.549 e. The van der Waals surface area contributed by atoms with Crippen LogP contribution in [-0.4, -0.2) is 46.8 Å². The molecular formula is C20H20N5O3S-. The van der Waals surface area contributed by atoms with Crippen molar-refractivity contribution in [3.63, 3.8) is 0 Å². The summed E-state index contributed by atoms with van der Waals surface area (Å²) in [5, 5.41) is 11.3. The molecule has 29 heavy (non-hydrogen) atoms. The lowest BCUT2D eigenvalue weighted by molar-refractivity contribution is -0.301. The molecule has 0 unspecified atom stereocenters. The molecule has 0 radical (unpaired) electrons. The van der Waals surface area contributed by atoms with Crippen molar-refractivity contribution in [1.82, 2.24) is 20.7 Å². The highest BCUT2D eigenvalue weighted by atomic mass is 32.2. The van der Waals surface area contributed by atoms with Crippen molar-refractivity contribution in [3.8, 4) is 0 Å². The molecule has 9 heteroatoms. The first-order chi connectivity index (χ1) is 13.9. The van der Waals surface area contributed by atoms with Gasteiger partial charge < -0.3 is 9.90 Å². The fourth-order valence-electron chi connectivity index (χ4n) is 4.11. The van der Waals surface area contributed by atoms with E-state index in [-0.39, 0.29) is 11.8 Å². The van der Waals surface area contributed by atoms with Crippen LogP contribution in [0.5, 0.6) is 0 Å². The molecule has 2 N–H and O–H groups in total.